The SMILES string of the molecule is CN=C(NCCc1cccc(C)c1)NCc1ccc(F)cc1. The van der Waals surface area contributed by atoms with E-state index in [9.17, 15) is 4.39 Å². The monoisotopic (exact) mass is 299 g/mol. The molecule has 0 atom stereocenters. The van der Waals surface area contributed by atoms with Crippen LogP contribution in [0.15, 0.2) is 53.5 Å². The molecule has 0 aliphatic rings. The third-order valence-corrected chi connectivity index (χ3v) is 3.39. The van der Waals surface area contributed by atoms with Gasteiger partial charge in [0.15, 0.2) is 5.96 Å². The summed E-state index contributed by atoms with van der Waals surface area (Å²) in [5, 5.41) is 6.50. The molecule has 2 rings (SSSR count). The van der Waals surface area contributed by atoms with Gasteiger partial charge in [0.1, 0.15) is 5.82 Å². The molecule has 2 aromatic rings. The molecular weight excluding hydrogens is 277 g/mol. The molecular formula is C18H22FN3. The molecule has 0 heterocycles. The van der Waals surface area contributed by atoms with Crippen molar-refractivity contribution in [3.8, 4) is 0 Å². The molecule has 2 N–H and O–H groups in total. The predicted octanol–water partition coefficient (Wildman–Crippen LogP) is 3.04. The zero-order chi connectivity index (χ0) is 15.8. The lowest BCUT2D eigenvalue weighted by Crippen LogP contribution is -2.37. The van der Waals surface area contributed by atoms with Crippen LogP contribution in [0.5, 0.6) is 0 Å². The highest BCUT2D eigenvalue weighted by atomic mass is 19.1. The second-order valence-corrected chi connectivity index (χ2v) is 5.22. The smallest absolute Gasteiger partial charge is 0.191 e. The standard InChI is InChI=1S/C18H22FN3/c1-14-4-3-5-15(12-14)10-11-21-18(20-2)22-13-16-6-8-17(19)9-7-16/h3-9,12H,10-11,13H2,1-2H3,(H2,20,21,22). The van der Waals surface area contributed by atoms with E-state index < -0.39 is 0 Å². The summed E-state index contributed by atoms with van der Waals surface area (Å²) < 4.78 is 12.9. The Hall–Kier alpha value is -2.36. The Morgan fingerprint density at radius 2 is 1.82 bits per heavy atom. The van der Waals surface area contributed by atoms with Crippen molar-refractivity contribution in [3.63, 3.8) is 0 Å². The number of hydrogen-bond donors (Lipinski definition) is 2. The first-order chi connectivity index (χ1) is 10.7. The lowest BCUT2D eigenvalue weighted by atomic mass is 10.1. The van der Waals surface area contributed by atoms with E-state index in [4.69, 9.17) is 0 Å². The highest BCUT2D eigenvalue weighted by molar-refractivity contribution is 5.79. The number of guanidine groups is 1. The van der Waals surface area contributed by atoms with E-state index in [0.717, 1.165) is 24.5 Å². The molecule has 0 amide bonds. The molecule has 0 aromatic heterocycles. The summed E-state index contributed by atoms with van der Waals surface area (Å²) >= 11 is 0. The van der Waals surface area contributed by atoms with Gasteiger partial charge in [-0.15, -0.1) is 0 Å². The zero-order valence-corrected chi connectivity index (χ0v) is 13.1. The van der Waals surface area contributed by atoms with Crippen LogP contribution in [0.2, 0.25) is 0 Å². The number of rotatable bonds is 5. The Balaban J connectivity index is 1.76. The summed E-state index contributed by atoms with van der Waals surface area (Å²) in [6.07, 6.45) is 0.943. The van der Waals surface area contributed by atoms with Crippen LogP contribution < -0.4 is 10.6 Å². The van der Waals surface area contributed by atoms with E-state index in [1.807, 2.05) is 0 Å². The van der Waals surface area contributed by atoms with Crippen molar-refractivity contribution < 1.29 is 4.39 Å². The first-order valence-electron chi connectivity index (χ1n) is 7.42. The van der Waals surface area contributed by atoms with Gasteiger partial charge in [-0.2, -0.15) is 0 Å². The summed E-state index contributed by atoms with van der Waals surface area (Å²) in [6.45, 7) is 3.52. The van der Waals surface area contributed by atoms with E-state index in [1.54, 1.807) is 19.2 Å². The molecule has 2 aromatic carbocycles. The highest BCUT2D eigenvalue weighted by Gasteiger charge is 1.99. The molecule has 0 saturated heterocycles. The quantitative estimate of drug-likeness (QED) is 0.657. The van der Waals surface area contributed by atoms with Crippen molar-refractivity contribution in [2.45, 2.75) is 19.9 Å². The van der Waals surface area contributed by atoms with Crippen LogP contribution in [0.25, 0.3) is 0 Å². The van der Waals surface area contributed by atoms with Crippen molar-refractivity contribution in [2.24, 2.45) is 4.99 Å². The van der Waals surface area contributed by atoms with E-state index in [-0.39, 0.29) is 5.82 Å². The third-order valence-electron chi connectivity index (χ3n) is 3.39. The lowest BCUT2D eigenvalue weighted by molar-refractivity contribution is 0.626. The van der Waals surface area contributed by atoms with Gasteiger partial charge in [0.05, 0.1) is 0 Å². The van der Waals surface area contributed by atoms with Crippen LogP contribution in [0, 0.1) is 12.7 Å². The van der Waals surface area contributed by atoms with E-state index >= 15 is 0 Å². The molecule has 116 valence electrons. The minimum atomic E-state index is -0.218. The number of nitrogens with one attached hydrogen (secondary N) is 2. The molecule has 0 fully saturated rings. The molecule has 0 aliphatic heterocycles. The van der Waals surface area contributed by atoms with Gasteiger partial charge in [0.2, 0.25) is 0 Å². The van der Waals surface area contributed by atoms with Gasteiger partial charge in [-0.3, -0.25) is 4.99 Å². The molecule has 0 bridgehead atoms. The minimum absolute atomic E-state index is 0.218. The highest BCUT2D eigenvalue weighted by Crippen LogP contribution is 2.04. The molecule has 22 heavy (non-hydrogen) atoms. The number of aryl methyl sites for hydroxylation is 1. The van der Waals surface area contributed by atoms with Crippen LogP contribution in [-0.4, -0.2) is 19.6 Å². The second kappa shape index (κ2) is 8.17. The van der Waals surface area contributed by atoms with Crippen LogP contribution in [0.4, 0.5) is 4.39 Å². The van der Waals surface area contributed by atoms with Crippen molar-refractivity contribution >= 4 is 5.96 Å². The summed E-state index contributed by atoms with van der Waals surface area (Å²) in [4.78, 5) is 4.19. The van der Waals surface area contributed by atoms with Crippen molar-refractivity contribution in [2.75, 3.05) is 13.6 Å². The molecule has 4 heteroatoms. The maximum Gasteiger partial charge on any atom is 0.191 e. The van der Waals surface area contributed by atoms with Gasteiger partial charge in [-0.25, -0.2) is 4.39 Å². The zero-order valence-electron chi connectivity index (χ0n) is 13.1. The van der Waals surface area contributed by atoms with Gasteiger partial charge in [-0.1, -0.05) is 42.0 Å². The maximum atomic E-state index is 12.9. The predicted molar refractivity (Wildman–Crippen MR) is 89.5 cm³/mol. The number of nitrogens with zero attached hydrogens (tertiary/aromatic N) is 1. The van der Waals surface area contributed by atoms with Crippen LogP contribution in [0.1, 0.15) is 16.7 Å². The average molecular weight is 299 g/mol. The molecule has 0 radical (unpaired) electrons. The molecule has 0 aliphatic carbocycles. The lowest BCUT2D eigenvalue weighted by Gasteiger charge is -2.12. The first-order valence-corrected chi connectivity index (χ1v) is 7.42. The summed E-state index contributed by atoms with van der Waals surface area (Å²) in [6, 6.07) is 15.0. The fourth-order valence-corrected chi connectivity index (χ4v) is 2.20. The first kappa shape index (κ1) is 16.0. The van der Waals surface area contributed by atoms with Gasteiger partial charge in [0.25, 0.3) is 0 Å². The Morgan fingerprint density at radius 3 is 2.50 bits per heavy atom. The van der Waals surface area contributed by atoms with Crippen LogP contribution in [0.3, 0.4) is 0 Å². The maximum absolute atomic E-state index is 12.9. The topological polar surface area (TPSA) is 36.4 Å². The number of aliphatic imine (C=N–C) groups is 1. The molecule has 0 spiro atoms. The summed E-state index contributed by atoms with van der Waals surface area (Å²) in [5.41, 5.74) is 3.60. The van der Waals surface area contributed by atoms with Crippen molar-refractivity contribution in [1.29, 1.82) is 0 Å². The van der Waals surface area contributed by atoms with Gasteiger partial charge >= 0.3 is 0 Å². The Bertz CT molecular complexity index is 620. The van der Waals surface area contributed by atoms with E-state index in [1.165, 1.54) is 23.3 Å². The fraction of sp³-hybridized carbons (Fsp3) is 0.278. The Labute approximate surface area is 131 Å². The van der Waals surface area contributed by atoms with Gasteiger partial charge < -0.3 is 10.6 Å². The fourth-order valence-electron chi connectivity index (χ4n) is 2.20. The van der Waals surface area contributed by atoms with Crippen LogP contribution >= 0.6 is 0 Å². The molecule has 0 saturated carbocycles. The minimum Gasteiger partial charge on any atom is -0.356 e. The van der Waals surface area contributed by atoms with Gasteiger partial charge in [0, 0.05) is 20.1 Å². The Kier molecular flexibility index (Phi) is 5.95. The summed E-state index contributed by atoms with van der Waals surface area (Å²) in [5.74, 6) is 0.529. The molecule has 3 nitrogen and oxygen atoms in total. The van der Waals surface area contributed by atoms with Gasteiger partial charge in [-0.05, 0) is 36.6 Å². The number of hydrogen-bond acceptors (Lipinski definition) is 1. The average Bonchev–Trinajstić information content (AvgIpc) is 2.52. The third kappa shape index (κ3) is 5.20. The van der Waals surface area contributed by atoms with E-state index in [0.29, 0.717) is 6.54 Å². The van der Waals surface area contributed by atoms with Crippen molar-refractivity contribution in [3.05, 3.63) is 71.0 Å². The normalized spacial score (nSPS) is 11.3. The number of benzene rings is 2. The molecule has 0 unspecified atom stereocenters. The largest absolute Gasteiger partial charge is 0.356 e. The van der Waals surface area contributed by atoms with Crippen LogP contribution in [-0.2, 0) is 13.0 Å². The van der Waals surface area contributed by atoms with E-state index in [2.05, 4.69) is 46.8 Å². The second-order valence-electron chi connectivity index (χ2n) is 5.22. The Morgan fingerprint density at radius 1 is 1.05 bits per heavy atom. The van der Waals surface area contributed by atoms with Crippen molar-refractivity contribution in [1.82, 2.24) is 10.6 Å². The summed E-state index contributed by atoms with van der Waals surface area (Å²) in [7, 11) is 1.74. The number of halogens is 1.